The molecular formula is C25H34N2O2. The number of nitrogens with one attached hydrogen (secondary N) is 1. The highest BCUT2D eigenvalue weighted by atomic mass is 16.5. The number of benzene rings is 2. The van der Waals surface area contributed by atoms with Crippen LogP contribution in [0.1, 0.15) is 66.3 Å². The van der Waals surface area contributed by atoms with Crippen molar-refractivity contribution in [3.63, 3.8) is 0 Å². The lowest BCUT2D eigenvalue weighted by Crippen LogP contribution is -2.48. The molecule has 4 heteroatoms. The number of morpholine rings is 1. The summed E-state index contributed by atoms with van der Waals surface area (Å²) >= 11 is 0. The summed E-state index contributed by atoms with van der Waals surface area (Å²) in [6.07, 6.45) is 0.762. The number of hydrogen-bond donors (Lipinski definition) is 1. The Bertz CT molecular complexity index is 806. The molecule has 1 aliphatic heterocycles. The number of carbonyl (C=O) groups excluding carboxylic acids is 1. The van der Waals surface area contributed by atoms with Gasteiger partial charge in [-0.05, 0) is 43.1 Å². The average Bonchev–Trinajstić information content (AvgIpc) is 2.75. The molecular weight excluding hydrogens is 360 g/mol. The average molecular weight is 395 g/mol. The molecule has 0 spiro atoms. The maximum Gasteiger partial charge on any atom is 0.187 e. The third kappa shape index (κ3) is 4.30. The van der Waals surface area contributed by atoms with Crippen molar-refractivity contribution in [1.82, 2.24) is 10.2 Å². The minimum atomic E-state index is -0.681. The Morgan fingerprint density at radius 3 is 2.28 bits per heavy atom. The fourth-order valence-electron chi connectivity index (χ4n) is 4.28. The lowest BCUT2D eigenvalue weighted by Gasteiger charge is -2.38. The molecule has 1 fully saturated rings. The molecule has 0 amide bonds. The van der Waals surface area contributed by atoms with E-state index in [2.05, 4.69) is 55.3 Å². The van der Waals surface area contributed by atoms with Gasteiger partial charge in [0.2, 0.25) is 0 Å². The molecule has 0 aliphatic carbocycles. The Morgan fingerprint density at radius 1 is 1.14 bits per heavy atom. The van der Waals surface area contributed by atoms with Crippen molar-refractivity contribution < 1.29 is 9.53 Å². The summed E-state index contributed by atoms with van der Waals surface area (Å²) in [5.41, 5.74) is 3.50. The normalized spacial score (nSPS) is 19.3. The molecule has 29 heavy (non-hydrogen) atoms. The molecule has 0 aromatic heterocycles. The molecule has 0 radical (unpaired) electrons. The van der Waals surface area contributed by atoms with Crippen LogP contribution >= 0.6 is 0 Å². The van der Waals surface area contributed by atoms with E-state index in [9.17, 15) is 4.79 Å². The van der Waals surface area contributed by atoms with Gasteiger partial charge in [-0.3, -0.25) is 9.69 Å². The standard InChI is InChI=1S/C25H34N2O2/c1-6-25(27(4)5,22-13-11-19(12-14-22)18(2)3)24(28)21-9-7-20(8-10-21)23-17-26-15-16-29-23/h7-14,18,23,26H,6,15-17H2,1-5H3. The fraction of sp³-hybridized carbons (Fsp3) is 0.480. The van der Waals surface area contributed by atoms with Crippen LogP contribution in [0.2, 0.25) is 0 Å². The number of nitrogens with zero attached hydrogens (tertiary/aromatic N) is 1. The summed E-state index contributed by atoms with van der Waals surface area (Å²) in [6.45, 7) is 8.89. The predicted molar refractivity (Wildman–Crippen MR) is 119 cm³/mol. The Labute approximate surface area is 175 Å². The van der Waals surface area contributed by atoms with Crippen LogP contribution < -0.4 is 5.32 Å². The van der Waals surface area contributed by atoms with Crippen molar-refractivity contribution in [2.75, 3.05) is 33.8 Å². The van der Waals surface area contributed by atoms with Crippen LogP contribution in [0, 0.1) is 0 Å². The van der Waals surface area contributed by atoms with Crippen LogP contribution in [0.15, 0.2) is 48.5 Å². The van der Waals surface area contributed by atoms with Gasteiger partial charge in [0.25, 0.3) is 0 Å². The lowest BCUT2D eigenvalue weighted by atomic mass is 9.78. The Balaban J connectivity index is 1.93. The highest BCUT2D eigenvalue weighted by molar-refractivity contribution is 6.03. The van der Waals surface area contributed by atoms with E-state index in [1.54, 1.807) is 0 Å². The SMILES string of the molecule is CCC(C(=O)c1ccc(C2CNCCO2)cc1)(c1ccc(C(C)C)cc1)N(C)C. The van der Waals surface area contributed by atoms with Crippen molar-refractivity contribution in [2.45, 2.75) is 44.8 Å². The van der Waals surface area contributed by atoms with E-state index in [0.717, 1.165) is 36.4 Å². The summed E-state index contributed by atoms with van der Waals surface area (Å²) in [4.78, 5) is 15.8. The zero-order chi connectivity index (χ0) is 21.0. The van der Waals surface area contributed by atoms with E-state index in [0.29, 0.717) is 12.3 Å². The van der Waals surface area contributed by atoms with Gasteiger partial charge in [-0.1, -0.05) is 69.3 Å². The molecule has 1 N–H and O–H groups in total. The van der Waals surface area contributed by atoms with Crippen LogP contribution in [0.25, 0.3) is 0 Å². The van der Waals surface area contributed by atoms with Crippen molar-refractivity contribution in [1.29, 1.82) is 0 Å². The smallest absolute Gasteiger partial charge is 0.187 e. The number of ketones is 1. The second-order valence-corrected chi connectivity index (χ2v) is 8.40. The monoisotopic (exact) mass is 394 g/mol. The molecule has 2 aromatic rings. The van der Waals surface area contributed by atoms with E-state index in [-0.39, 0.29) is 11.9 Å². The van der Waals surface area contributed by atoms with E-state index in [1.807, 2.05) is 38.4 Å². The highest BCUT2D eigenvalue weighted by Gasteiger charge is 2.41. The minimum absolute atomic E-state index is 0.0567. The van der Waals surface area contributed by atoms with Gasteiger partial charge in [-0.25, -0.2) is 0 Å². The third-order valence-electron chi connectivity index (χ3n) is 6.18. The largest absolute Gasteiger partial charge is 0.371 e. The van der Waals surface area contributed by atoms with Crippen molar-refractivity contribution in [2.24, 2.45) is 0 Å². The van der Waals surface area contributed by atoms with Gasteiger partial charge >= 0.3 is 0 Å². The molecule has 4 nitrogen and oxygen atoms in total. The zero-order valence-electron chi connectivity index (χ0n) is 18.4. The van der Waals surface area contributed by atoms with Gasteiger partial charge in [-0.15, -0.1) is 0 Å². The Hall–Kier alpha value is -2.01. The van der Waals surface area contributed by atoms with Crippen LogP contribution in [-0.4, -0.2) is 44.5 Å². The van der Waals surface area contributed by atoms with E-state index < -0.39 is 5.54 Å². The van der Waals surface area contributed by atoms with Crippen molar-refractivity contribution in [3.8, 4) is 0 Å². The molecule has 2 unspecified atom stereocenters. The third-order valence-corrected chi connectivity index (χ3v) is 6.18. The van der Waals surface area contributed by atoms with Gasteiger partial charge < -0.3 is 10.1 Å². The maximum absolute atomic E-state index is 13.8. The van der Waals surface area contributed by atoms with Gasteiger partial charge in [-0.2, -0.15) is 0 Å². The van der Waals surface area contributed by atoms with Gasteiger partial charge in [0, 0.05) is 18.7 Å². The number of hydrogen-bond acceptors (Lipinski definition) is 4. The first kappa shape index (κ1) is 21.7. The summed E-state index contributed by atoms with van der Waals surface area (Å²) in [5.74, 6) is 0.607. The Kier molecular flexibility index (Phi) is 6.89. The quantitative estimate of drug-likeness (QED) is 0.701. The van der Waals surface area contributed by atoms with Gasteiger partial charge in [0.05, 0.1) is 12.7 Å². The van der Waals surface area contributed by atoms with Crippen LogP contribution in [-0.2, 0) is 10.3 Å². The highest BCUT2D eigenvalue weighted by Crippen LogP contribution is 2.35. The summed E-state index contributed by atoms with van der Waals surface area (Å²) in [7, 11) is 3.99. The van der Waals surface area contributed by atoms with Crippen molar-refractivity contribution >= 4 is 5.78 Å². The van der Waals surface area contributed by atoms with E-state index in [1.165, 1.54) is 5.56 Å². The zero-order valence-corrected chi connectivity index (χ0v) is 18.4. The molecule has 1 saturated heterocycles. The Morgan fingerprint density at radius 2 is 1.79 bits per heavy atom. The summed E-state index contributed by atoms with van der Waals surface area (Å²) in [5, 5.41) is 3.35. The number of ether oxygens (including phenoxy) is 1. The first-order chi connectivity index (χ1) is 13.9. The van der Waals surface area contributed by atoms with E-state index in [4.69, 9.17) is 4.74 Å². The molecule has 0 saturated carbocycles. The summed E-state index contributed by atoms with van der Waals surface area (Å²) in [6, 6.07) is 16.5. The number of rotatable bonds is 7. The molecule has 1 aliphatic rings. The van der Waals surface area contributed by atoms with Crippen LogP contribution in [0.4, 0.5) is 0 Å². The molecule has 0 bridgehead atoms. The minimum Gasteiger partial charge on any atom is -0.371 e. The first-order valence-electron chi connectivity index (χ1n) is 10.6. The van der Waals surface area contributed by atoms with Gasteiger partial charge in [0.1, 0.15) is 5.54 Å². The molecule has 3 rings (SSSR count). The molecule has 2 aromatic carbocycles. The number of carbonyl (C=O) groups is 1. The van der Waals surface area contributed by atoms with Crippen molar-refractivity contribution in [3.05, 3.63) is 70.8 Å². The molecule has 156 valence electrons. The fourth-order valence-corrected chi connectivity index (χ4v) is 4.28. The first-order valence-corrected chi connectivity index (χ1v) is 10.6. The van der Waals surface area contributed by atoms with E-state index >= 15 is 0 Å². The molecule has 2 atom stereocenters. The topological polar surface area (TPSA) is 41.6 Å². The van der Waals surface area contributed by atoms with Crippen LogP contribution in [0.5, 0.6) is 0 Å². The maximum atomic E-state index is 13.8. The van der Waals surface area contributed by atoms with Gasteiger partial charge in [0.15, 0.2) is 5.78 Å². The second-order valence-electron chi connectivity index (χ2n) is 8.40. The predicted octanol–water partition coefficient (Wildman–Crippen LogP) is 4.52. The molecule has 1 heterocycles. The second kappa shape index (κ2) is 9.21. The number of likely N-dealkylation sites (N-methyl/N-ethyl adjacent to an activating group) is 1. The van der Waals surface area contributed by atoms with Crippen LogP contribution in [0.3, 0.4) is 0 Å². The number of Topliss-reactive ketones (excluding diaryl/α,β-unsaturated/α-hetero) is 1. The lowest BCUT2D eigenvalue weighted by molar-refractivity contribution is 0.0277. The summed E-state index contributed by atoms with van der Waals surface area (Å²) < 4.78 is 5.84.